The molecule has 3 atom stereocenters. The van der Waals surface area contributed by atoms with Crippen LogP contribution in [0.3, 0.4) is 0 Å². The zero-order chi connectivity index (χ0) is 18.2. The first kappa shape index (κ1) is 17.9. The van der Waals surface area contributed by atoms with E-state index in [4.69, 9.17) is 14.2 Å². The summed E-state index contributed by atoms with van der Waals surface area (Å²) in [7, 11) is 1.56. The lowest BCUT2D eigenvalue weighted by atomic mass is 9.91. The first-order valence-corrected chi connectivity index (χ1v) is 8.48. The van der Waals surface area contributed by atoms with Gasteiger partial charge in [0.25, 0.3) is 0 Å². The van der Waals surface area contributed by atoms with Crippen molar-refractivity contribution in [2.24, 2.45) is 0 Å². The summed E-state index contributed by atoms with van der Waals surface area (Å²) in [5.41, 5.74) is 0.347. The molecule has 3 nitrogen and oxygen atoms in total. The van der Waals surface area contributed by atoms with Crippen molar-refractivity contribution >= 4 is 10.8 Å². The van der Waals surface area contributed by atoms with Gasteiger partial charge in [0.15, 0.2) is 6.17 Å². The molecule has 0 amide bonds. The van der Waals surface area contributed by atoms with Crippen molar-refractivity contribution in [1.29, 1.82) is 0 Å². The maximum atomic E-state index is 14.6. The molecule has 0 radical (unpaired) electrons. The molecule has 2 aromatic carbocycles. The van der Waals surface area contributed by atoms with Gasteiger partial charge in [-0.15, -0.1) is 0 Å². The number of hydrogen-bond donors (Lipinski definition) is 0. The molecule has 4 heteroatoms. The minimum Gasteiger partial charge on any atom is -0.460 e. The average molecular weight is 344 g/mol. The van der Waals surface area contributed by atoms with Crippen molar-refractivity contribution in [3.05, 3.63) is 60.4 Å². The van der Waals surface area contributed by atoms with E-state index >= 15 is 0 Å². The normalized spacial score (nSPS) is 27.3. The van der Waals surface area contributed by atoms with E-state index in [1.165, 1.54) is 0 Å². The number of benzene rings is 2. The van der Waals surface area contributed by atoms with Crippen LogP contribution in [-0.4, -0.2) is 25.0 Å². The third-order valence-electron chi connectivity index (χ3n) is 4.42. The van der Waals surface area contributed by atoms with Gasteiger partial charge >= 0.3 is 0 Å². The van der Waals surface area contributed by atoms with Crippen LogP contribution in [0.5, 0.6) is 0 Å². The Morgan fingerprint density at radius 2 is 1.84 bits per heavy atom. The predicted molar refractivity (Wildman–Crippen MR) is 97.0 cm³/mol. The molecular weight excluding hydrogens is 319 g/mol. The van der Waals surface area contributed by atoms with Crippen LogP contribution < -0.4 is 0 Å². The van der Waals surface area contributed by atoms with Crippen LogP contribution in [-0.2, 0) is 20.0 Å². The molecule has 1 saturated heterocycles. The molecule has 0 spiro atoms. The Balaban J connectivity index is 2.01. The molecule has 1 aliphatic heterocycles. The quantitative estimate of drug-likeness (QED) is 0.776. The summed E-state index contributed by atoms with van der Waals surface area (Å²) in [6.45, 7) is 9.46. The molecule has 2 aromatic rings. The summed E-state index contributed by atoms with van der Waals surface area (Å²) in [5, 5.41) is 2.19. The van der Waals surface area contributed by atoms with Crippen molar-refractivity contribution < 1.29 is 18.6 Å². The number of halogens is 1. The number of fused-ring (bicyclic) bond motifs is 1. The van der Waals surface area contributed by atoms with Crippen LogP contribution in [0, 0.1) is 0 Å². The van der Waals surface area contributed by atoms with Gasteiger partial charge in [0.2, 0.25) is 5.79 Å². The lowest BCUT2D eigenvalue weighted by molar-refractivity contribution is -0.270. The molecule has 0 saturated carbocycles. The zero-order valence-electron chi connectivity index (χ0n) is 15.2. The van der Waals surface area contributed by atoms with Crippen LogP contribution in [0.2, 0.25) is 0 Å². The van der Waals surface area contributed by atoms with Gasteiger partial charge in [-0.2, -0.15) is 0 Å². The number of alkyl halides is 1. The van der Waals surface area contributed by atoms with Gasteiger partial charge in [0.05, 0.1) is 5.60 Å². The maximum absolute atomic E-state index is 14.6. The summed E-state index contributed by atoms with van der Waals surface area (Å²) < 4.78 is 32.1. The molecule has 1 fully saturated rings. The Bertz CT molecular complexity index is 780. The highest BCUT2D eigenvalue weighted by Gasteiger charge is 2.48. The molecule has 3 rings (SSSR count). The second-order valence-electron chi connectivity index (χ2n) is 7.46. The minimum absolute atomic E-state index is 0.0375. The number of methoxy groups -OCH3 is 1. The van der Waals surface area contributed by atoms with E-state index in [0.29, 0.717) is 0 Å². The molecule has 25 heavy (non-hydrogen) atoms. The van der Waals surface area contributed by atoms with Crippen LogP contribution in [0.25, 0.3) is 10.8 Å². The van der Waals surface area contributed by atoms with E-state index in [9.17, 15) is 4.39 Å². The van der Waals surface area contributed by atoms with Gasteiger partial charge in [-0.1, -0.05) is 43.0 Å². The number of hydrogen-bond acceptors (Lipinski definition) is 3. The standard InChI is InChI=1S/C21H25FO3/c1-14-19(22)18(25-20(2,3)4)13-21(23-5,24-14)17-11-10-15-8-6-7-9-16(15)12-17/h6-12,18-19H,1,13H2,2-5H3/t18-,19-,21-/m0/s1. The third-order valence-corrected chi connectivity index (χ3v) is 4.42. The van der Waals surface area contributed by atoms with Crippen molar-refractivity contribution in [2.45, 2.75) is 50.9 Å². The molecule has 0 N–H and O–H groups in total. The minimum atomic E-state index is -1.39. The largest absolute Gasteiger partial charge is 0.460 e. The second-order valence-corrected chi connectivity index (χ2v) is 7.46. The van der Waals surface area contributed by atoms with Crippen molar-refractivity contribution in [1.82, 2.24) is 0 Å². The van der Waals surface area contributed by atoms with Gasteiger partial charge in [-0.05, 0) is 37.6 Å². The van der Waals surface area contributed by atoms with Crippen molar-refractivity contribution in [3.8, 4) is 0 Å². The van der Waals surface area contributed by atoms with Crippen LogP contribution in [0.4, 0.5) is 4.39 Å². The number of ether oxygens (including phenoxy) is 3. The fraction of sp³-hybridized carbons (Fsp3) is 0.429. The van der Waals surface area contributed by atoms with Gasteiger partial charge in [0.1, 0.15) is 11.9 Å². The summed E-state index contributed by atoms with van der Waals surface area (Å²) in [6.07, 6.45) is -1.82. The molecule has 1 aliphatic rings. The topological polar surface area (TPSA) is 27.7 Å². The van der Waals surface area contributed by atoms with Gasteiger partial charge < -0.3 is 14.2 Å². The van der Waals surface area contributed by atoms with Crippen LogP contribution in [0.15, 0.2) is 54.8 Å². The molecule has 0 aliphatic carbocycles. The van der Waals surface area contributed by atoms with E-state index in [-0.39, 0.29) is 12.2 Å². The van der Waals surface area contributed by atoms with Crippen molar-refractivity contribution in [3.63, 3.8) is 0 Å². The molecular formula is C21H25FO3. The fourth-order valence-electron chi connectivity index (χ4n) is 3.29. The monoisotopic (exact) mass is 344 g/mol. The Hall–Kier alpha value is -1.91. The molecule has 0 aromatic heterocycles. The van der Waals surface area contributed by atoms with E-state index in [0.717, 1.165) is 16.3 Å². The van der Waals surface area contributed by atoms with E-state index < -0.39 is 23.7 Å². The van der Waals surface area contributed by atoms with Gasteiger partial charge in [-0.25, -0.2) is 4.39 Å². The molecule has 134 valence electrons. The number of rotatable bonds is 3. The Kier molecular flexibility index (Phi) is 4.60. The lowest BCUT2D eigenvalue weighted by Gasteiger charge is -2.44. The Morgan fingerprint density at radius 1 is 1.16 bits per heavy atom. The first-order chi connectivity index (χ1) is 11.7. The maximum Gasteiger partial charge on any atom is 0.239 e. The van der Waals surface area contributed by atoms with Crippen molar-refractivity contribution in [2.75, 3.05) is 7.11 Å². The predicted octanol–water partition coefficient (Wildman–Crippen LogP) is 5.09. The second kappa shape index (κ2) is 6.43. The molecule has 0 unspecified atom stereocenters. The van der Waals surface area contributed by atoms with Crippen LogP contribution in [0.1, 0.15) is 32.8 Å². The van der Waals surface area contributed by atoms with E-state index in [1.807, 2.05) is 63.2 Å². The van der Waals surface area contributed by atoms with E-state index in [2.05, 4.69) is 6.58 Å². The van der Waals surface area contributed by atoms with Gasteiger partial charge in [-0.3, -0.25) is 0 Å². The summed E-state index contributed by atoms with van der Waals surface area (Å²) in [4.78, 5) is 0. The summed E-state index contributed by atoms with van der Waals surface area (Å²) in [5.74, 6) is -1.07. The molecule has 1 heterocycles. The van der Waals surface area contributed by atoms with Gasteiger partial charge in [0, 0.05) is 19.1 Å². The van der Waals surface area contributed by atoms with Crippen LogP contribution >= 0.6 is 0 Å². The van der Waals surface area contributed by atoms with E-state index in [1.54, 1.807) is 7.11 Å². The smallest absolute Gasteiger partial charge is 0.239 e. The Labute approximate surface area is 148 Å². The average Bonchev–Trinajstić information content (AvgIpc) is 2.57. The zero-order valence-corrected chi connectivity index (χ0v) is 15.2. The Morgan fingerprint density at radius 3 is 2.48 bits per heavy atom. The summed E-state index contributed by atoms with van der Waals surface area (Å²) in [6, 6.07) is 14.0. The lowest BCUT2D eigenvalue weighted by Crippen LogP contribution is -2.48. The first-order valence-electron chi connectivity index (χ1n) is 8.48. The fourth-order valence-corrected chi connectivity index (χ4v) is 3.29. The molecule has 0 bridgehead atoms. The summed E-state index contributed by atoms with van der Waals surface area (Å²) >= 11 is 0. The highest BCUT2D eigenvalue weighted by atomic mass is 19.1. The highest BCUT2D eigenvalue weighted by Crippen LogP contribution is 2.43. The highest BCUT2D eigenvalue weighted by molar-refractivity contribution is 5.83. The SMILES string of the molecule is C=C1O[C@](OC)(c2ccc3ccccc3c2)C[C@H](OC(C)(C)C)[C@H]1F. The third kappa shape index (κ3) is 3.55.